The first-order valence-corrected chi connectivity index (χ1v) is 10.1. The van der Waals surface area contributed by atoms with Crippen LogP contribution in [0.25, 0.3) is 0 Å². The first-order chi connectivity index (χ1) is 13.3. The molecule has 0 N–H and O–H groups in total. The zero-order valence-electron chi connectivity index (χ0n) is 15.7. The largest absolute Gasteiger partial charge is 0.486 e. The van der Waals surface area contributed by atoms with Crippen LogP contribution in [0.5, 0.6) is 11.5 Å². The highest BCUT2D eigenvalue weighted by Gasteiger charge is 2.34. The van der Waals surface area contributed by atoms with E-state index in [2.05, 4.69) is 45.1 Å². The molecule has 1 aromatic heterocycles. The topological polar surface area (TPSA) is 37.8 Å². The van der Waals surface area contributed by atoms with Gasteiger partial charge in [-0.1, -0.05) is 12.1 Å². The predicted molar refractivity (Wildman–Crippen MR) is 104 cm³/mol. The number of hydrogen-bond acceptors (Lipinski definition) is 5. The van der Waals surface area contributed by atoms with E-state index in [4.69, 9.17) is 9.47 Å². The monoisotopic (exact) mass is 365 g/mol. The van der Waals surface area contributed by atoms with Gasteiger partial charge in [-0.05, 0) is 48.6 Å². The average Bonchev–Trinajstić information content (AvgIpc) is 2.99. The third-order valence-corrected chi connectivity index (χ3v) is 6.01. The Labute approximate surface area is 160 Å². The Bertz CT molecular complexity index is 782. The average molecular weight is 365 g/mol. The molecule has 0 saturated carbocycles. The Balaban J connectivity index is 1.28. The third kappa shape index (κ3) is 3.80. The minimum absolute atomic E-state index is 0.626. The molecule has 6 rings (SSSR count). The van der Waals surface area contributed by atoms with E-state index in [1.807, 2.05) is 12.3 Å². The first-order valence-electron chi connectivity index (χ1n) is 10.1. The number of piperidine rings is 1. The molecule has 1 aromatic carbocycles. The van der Waals surface area contributed by atoms with Gasteiger partial charge in [0.1, 0.15) is 13.2 Å². The molecule has 2 bridgehead atoms. The van der Waals surface area contributed by atoms with Crippen molar-refractivity contribution in [2.45, 2.75) is 32.0 Å². The molecule has 0 radical (unpaired) electrons. The van der Waals surface area contributed by atoms with Gasteiger partial charge in [0.2, 0.25) is 0 Å². The molecule has 3 saturated heterocycles. The molecular formula is C22H27N3O2. The van der Waals surface area contributed by atoms with Crippen molar-refractivity contribution in [1.82, 2.24) is 14.8 Å². The highest BCUT2D eigenvalue weighted by Crippen LogP contribution is 2.33. The molecule has 2 aromatic rings. The van der Waals surface area contributed by atoms with Gasteiger partial charge < -0.3 is 9.47 Å². The molecule has 0 spiro atoms. The van der Waals surface area contributed by atoms with Crippen molar-refractivity contribution in [2.24, 2.45) is 5.92 Å². The van der Waals surface area contributed by atoms with E-state index < -0.39 is 0 Å². The highest BCUT2D eigenvalue weighted by molar-refractivity contribution is 5.43. The van der Waals surface area contributed by atoms with Gasteiger partial charge in [0.25, 0.3) is 0 Å². The molecule has 0 aliphatic carbocycles. The number of ether oxygens (including phenoxy) is 2. The fraction of sp³-hybridized carbons (Fsp3) is 0.500. The summed E-state index contributed by atoms with van der Waals surface area (Å²) in [5.74, 6) is 2.53. The second-order valence-electron chi connectivity index (χ2n) is 8.02. The lowest BCUT2D eigenvalue weighted by molar-refractivity contribution is 0.122. The van der Waals surface area contributed by atoms with Crippen LogP contribution in [0.15, 0.2) is 42.6 Å². The summed E-state index contributed by atoms with van der Waals surface area (Å²) in [6.45, 7) is 6.77. The minimum Gasteiger partial charge on any atom is -0.486 e. The maximum atomic E-state index is 5.76. The van der Waals surface area contributed by atoms with Crippen LogP contribution in [-0.4, -0.2) is 53.7 Å². The van der Waals surface area contributed by atoms with Gasteiger partial charge in [-0.2, -0.15) is 0 Å². The molecule has 142 valence electrons. The first kappa shape index (κ1) is 17.0. The van der Waals surface area contributed by atoms with E-state index in [-0.39, 0.29) is 0 Å². The summed E-state index contributed by atoms with van der Waals surface area (Å²) in [4.78, 5) is 9.80. The second kappa shape index (κ2) is 7.49. The maximum absolute atomic E-state index is 5.76. The third-order valence-electron chi connectivity index (χ3n) is 6.01. The van der Waals surface area contributed by atoms with Crippen molar-refractivity contribution in [3.63, 3.8) is 0 Å². The van der Waals surface area contributed by atoms with E-state index in [9.17, 15) is 0 Å². The molecule has 0 unspecified atom stereocenters. The summed E-state index contributed by atoms with van der Waals surface area (Å²) >= 11 is 0. The van der Waals surface area contributed by atoms with Crippen molar-refractivity contribution in [3.8, 4) is 11.5 Å². The lowest BCUT2D eigenvalue weighted by atomic mass is 9.94. The summed E-state index contributed by atoms with van der Waals surface area (Å²) in [6.07, 6.45) is 4.55. The molecule has 0 amide bonds. The SMILES string of the molecule is c1ccc(CN2C[C@@H]3CC[C@H](C2)N(Cc2ccc4c(c2)OCCO4)C3)nc1. The van der Waals surface area contributed by atoms with Crippen LogP contribution >= 0.6 is 0 Å². The Morgan fingerprint density at radius 3 is 2.74 bits per heavy atom. The molecule has 3 fully saturated rings. The van der Waals surface area contributed by atoms with Crippen molar-refractivity contribution in [1.29, 1.82) is 0 Å². The predicted octanol–water partition coefficient (Wildman–Crippen LogP) is 2.95. The van der Waals surface area contributed by atoms with Gasteiger partial charge in [0.05, 0.1) is 5.69 Å². The van der Waals surface area contributed by atoms with Crippen LogP contribution < -0.4 is 9.47 Å². The van der Waals surface area contributed by atoms with E-state index in [1.165, 1.54) is 37.2 Å². The number of fused-ring (bicyclic) bond motifs is 5. The standard InChI is InChI=1S/C22H27N3O2/c1-2-8-23-19(3-1)15-24-12-18-4-6-20(16-24)25(14-18)13-17-5-7-21-22(11-17)27-10-9-26-21/h1-3,5,7-8,11,18,20H,4,6,9-10,12-16H2/t18-,20+/m0/s1. The fourth-order valence-electron chi connectivity index (χ4n) is 4.74. The highest BCUT2D eigenvalue weighted by atomic mass is 16.6. The lowest BCUT2D eigenvalue weighted by Gasteiger charge is -2.36. The van der Waals surface area contributed by atoms with E-state index in [0.717, 1.165) is 37.1 Å². The molecule has 27 heavy (non-hydrogen) atoms. The number of hydrogen-bond donors (Lipinski definition) is 0. The van der Waals surface area contributed by atoms with Crippen molar-refractivity contribution < 1.29 is 9.47 Å². The summed E-state index contributed by atoms with van der Waals surface area (Å²) in [5, 5.41) is 0. The van der Waals surface area contributed by atoms with Crippen LogP contribution in [0.3, 0.4) is 0 Å². The van der Waals surface area contributed by atoms with Crippen molar-refractivity contribution in [2.75, 3.05) is 32.8 Å². The second-order valence-corrected chi connectivity index (χ2v) is 8.02. The maximum Gasteiger partial charge on any atom is 0.161 e. The van der Waals surface area contributed by atoms with Crippen LogP contribution in [-0.2, 0) is 13.1 Å². The number of aromatic nitrogens is 1. The molecule has 5 heterocycles. The Morgan fingerprint density at radius 1 is 0.926 bits per heavy atom. The fourth-order valence-corrected chi connectivity index (χ4v) is 4.74. The zero-order valence-corrected chi connectivity index (χ0v) is 15.7. The quantitative estimate of drug-likeness (QED) is 0.833. The van der Waals surface area contributed by atoms with Crippen molar-refractivity contribution in [3.05, 3.63) is 53.9 Å². The van der Waals surface area contributed by atoms with Crippen LogP contribution in [0, 0.1) is 5.92 Å². The number of rotatable bonds is 4. The van der Waals surface area contributed by atoms with E-state index in [1.54, 1.807) is 0 Å². The Hall–Kier alpha value is -2.11. The summed E-state index contributed by atoms with van der Waals surface area (Å²) in [6, 6.07) is 13.3. The van der Waals surface area contributed by atoms with Gasteiger partial charge in [0.15, 0.2) is 11.5 Å². The summed E-state index contributed by atoms with van der Waals surface area (Å²) in [7, 11) is 0. The molecule has 5 nitrogen and oxygen atoms in total. The Kier molecular flexibility index (Phi) is 4.72. The van der Waals surface area contributed by atoms with Gasteiger partial charge in [-0.3, -0.25) is 14.8 Å². The number of benzene rings is 1. The van der Waals surface area contributed by atoms with Gasteiger partial charge in [-0.15, -0.1) is 0 Å². The van der Waals surface area contributed by atoms with Gasteiger partial charge in [-0.25, -0.2) is 0 Å². The van der Waals surface area contributed by atoms with Crippen LogP contribution in [0.4, 0.5) is 0 Å². The Morgan fingerprint density at radius 2 is 1.85 bits per heavy atom. The van der Waals surface area contributed by atoms with Gasteiger partial charge >= 0.3 is 0 Å². The molecular weight excluding hydrogens is 338 g/mol. The minimum atomic E-state index is 0.626. The normalized spacial score (nSPS) is 25.3. The van der Waals surface area contributed by atoms with Crippen molar-refractivity contribution >= 4 is 0 Å². The van der Waals surface area contributed by atoms with E-state index >= 15 is 0 Å². The number of nitrogens with zero attached hydrogens (tertiary/aromatic N) is 3. The summed E-state index contributed by atoms with van der Waals surface area (Å²) in [5.41, 5.74) is 2.50. The number of pyridine rings is 1. The molecule has 4 aliphatic rings. The van der Waals surface area contributed by atoms with Crippen LogP contribution in [0.1, 0.15) is 24.1 Å². The molecule has 4 aliphatic heterocycles. The van der Waals surface area contributed by atoms with Crippen LogP contribution in [0.2, 0.25) is 0 Å². The van der Waals surface area contributed by atoms with E-state index in [0.29, 0.717) is 19.3 Å². The summed E-state index contributed by atoms with van der Waals surface area (Å²) < 4.78 is 11.4. The molecule has 2 atom stereocenters. The molecule has 5 heteroatoms. The lowest BCUT2D eigenvalue weighted by Crippen LogP contribution is -2.43. The van der Waals surface area contributed by atoms with Gasteiger partial charge in [0, 0.05) is 45.0 Å². The zero-order chi connectivity index (χ0) is 18.1. The smallest absolute Gasteiger partial charge is 0.161 e.